The van der Waals surface area contributed by atoms with Crippen LogP contribution in [0.4, 0.5) is 15.0 Å². The van der Waals surface area contributed by atoms with E-state index in [2.05, 4.69) is 4.98 Å². The number of hydrogen-bond acceptors (Lipinski definition) is 3. The van der Waals surface area contributed by atoms with Gasteiger partial charge in [-0.3, -0.25) is 0 Å². The SMILES string of the molecule is CN(C)C(=O)N(C)C1CCCN(c2ncccc2F)C1. The molecule has 1 fully saturated rings. The van der Waals surface area contributed by atoms with Gasteiger partial charge in [0, 0.05) is 40.4 Å². The largest absolute Gasteiger partial charge is 0.352 e. The molecule has 110 valence electrons. The van der Waals surface area contributed by atoms with Crippen LogP contribution in [0.3, 0.4) is 0 Å². The summed E-state index contributed by atoms with van der Waals surface area (Å²) in [6.45, 7) is 1.39. The number of nitrogens with zero attached hydrogens (tertiary/aromatic N) is 4. The van der Waals surface area contributed by atoms with Crippen LogP contribution in [0.15, 0.2) is 18.3 Å². The van der Waals surface area contributed by atoms with E-state index in [9.17, 15) is 9.18 Å². The quantitative estimate of drug-likeness (QED) is 0.829. The van der Waals surface area contributed by atoms with Crippen molar-refractivity contribution in [1.29, 1.82) is 0 Å². The van der Waals surface area contributed by atoms with Crippen molar-refractivity contribution in [3.05, 3.63) is 24.1 Å². The Kier molecular flexibility index (Phi) is 4.42. The van der Waals surface area contributed by atoms with Gasteiger partial charge in [0.15, 0.2) is 11.6 Å². The van der Waals surface area contributed by atoms with Crippen LogP contribution < -0.4 is 4.90 Å². The molecule has 1 aromatic rings. The average Bonchev–Trinajstić information content (AvgIpc) is 2.46. The summed E-state index contributed by atoms with van der Waals surface area (Å²) >= 11 is 0. The number of anilines is 1. The molecule has 0 aliphatic carbocycles. The summed E-state index contributed by atoms with van der Waals surface area (Å²) in [5.74, 6) is 0.0673. The minimum Gasteiger partial charge on any atom is -0.352 e. The highest BCUT2D eigenvalue weighted by atomic mass is 19.1. The van der Waals surface area contributed by atoms with Crippen LogP contribution in [0.2, 0.25) is 0 Å². The van der Waals surface area contributed by atoms with Gasteiger partial charge in [0.2, 0.25) is 0 Å². The van der Waals surface area contributed by atoms with E-state index in [0.29, 0.717) is 12.4 Å². The van der Waals surface area contributed by atoms with Crippen LogP contribution in [0, 0.1) is 5.82 Å². The Bertz CT molecular complexity index is 480. The Morgan fingerprint density at radius 3 is 2.85 bits per heavy atom. The lowest BCUT2D eigenvalue weighted by Gasteiger charge is -2.39. The number of amides is 2. The molecule has 6 heteroatoms. The average molecular weight is 280 g/mol. The fourth-order valence-corrected chi connectivity index (χ4v) is 2.54. The molecule has 0 N–H and O–H groups in total. The van der Waals surface area contributed by atoms with Crippen molar-refractivity contribution < 1.29 is 9.18 Å². The van der Waals surface area contributed by atoms with Gasteiger partial charge in [-0.05, 0) is 25.0 Å². The van der Waals surface area contributed by atoms with Crippen LogP contribution in [-0.2, 0) is 0 Å². The maximum Gasteiger partial charge on any atom is 0.319 e. The number of piperidine rings is 1. The van der Waals surface area contributed by atoms with Crippen molar-refractivity contribution in [1.82, 2.24) is 14.8 Å². The van der Waals surface area contributed by atoms with E-state index < -0.39 is 0 Å². The molecule has 1 atom stereocenters. The molecule has 5 nitrogen and oxygen atoms in total. The second-order valence-electron chi connectivity index (χ2n) is 5.34. The van der Waals surface area contributed by atoms with Gasteiger partial charge in [-0.25, -0.2) is 14.2 Å². The molecule has 2 heterocycles. The van der Waals surface area contributed by atoms with Gasteiger partial charge in [-0.15, -0.1) is 0 Å². The maximum atomic E-state index is 13.8. The van der Waals surface area contributed by atoms with E-state index in [1.54, 1.807) is 43.2 Å². The van der Waals surface area contributed by atoms with Gasteiger partial charge in [0.05, 0.1) is 6.04 Å². The Morgan fingerprint density at radius 1 is 1.45 bits per heavy atom. The Balaban J connectivity index is 2.09. The van der Waals surface area contributed by atoms with Crippen LogP contribution in [0.5, 0.6) is 0 Å². The normalized spacial score (nSPS) is 18.8. The predicted octanol–water partition coefficient (Wildman–Crippen LogP) is 1.80. The predicted molar refractivity (Wildman–Crippen MR) is 76.3 cm³/mol. The summed E-state index contributed by atoms with van der Waals surface area (Å²) in [6.07, 6.45) is 3.45. The monoisotopic (exact) mass is 280 g/mol. The topological polar surface area (TPSA) is 39.7 Å². The van der Waals surface area contributed by atoms with Crippen molar-refractivity contribution in [3.8, 4) is 0 Å². The number of carbonyl (C=O) groups is 1. The van der Waals surface area contributed by atoms with Crippen LogP contribution >= 0.6 is 0 Å². The molecule has 1 aliphatic rings. The van der Waals surface area contributed by atoms with Crippen LogP contribution in [0.1, 0.15) is 12.8 Å². The van der Waals surface area contributed by atoms with Gasteiger partial charge >= 0.3 is 6.03 Å². The first-order valence-corrected chi connectivity index (χ1v) is 6.80. The molecule has 1 saturated heterocycles. The van der Waals surface area contributed by atoms with E-state index in [-0.39, 0.29) is 17.9 Å². The fourth-order valence-electron chi connectivity index (χ4n) is 2.54. The third-order valence-corrected chi connectivity index (χ3v) is 3.67. The molecule has 0 spiro atoms. The zero-order chi connectivity index (χ0) is 14.7. The van der Waals surface area contributed by atoms with Crippen molar-refractivity contribution in [2.24, 2.45) is 0 Å². The zero-order valence-electron chi connectivity index (χ0n) is 12.2. The Hall–Kier alpha value is -1.85. The second kappa shape index (κ2) is 6.07. The van der Waals surface area contributed by atoms with Crippen LogP contribution in [0.25, 0.3) is 0 Å². The van der Waals surface area contributed by atoms with E-state index in [1.165, 1.54) is 6.07 Å². The summed E-state index contributed by atoms with van der Waals surface area (Å²) in [6, 6.07) is 3.06. The lowest BCUT2D eigenvalue weighted by Crippen LogP contribution is -2.51. The van der Waals surface area contributed by atoms with Gasteiger partial charge < -0.3 is 14.7 Å². The van der Waals surface area contributed by atoms with Gasteiger partial charge in [-0.2, -0.15) is 0 Å². The van der Waals surface area contributed by atoms with E-state index in [4.69, 9.17) is 0 Å². The first-order chi connectivity index (χ1) is 9.50. The van der Waals surface area contributed by atoms with Crippen molar-refractivity contribution in [2.45, 2.75) is 18.9 Å². The van der Waals surface area contributed by atoms with E-state index >= 15 is 0 Å². The summed E-state index contributed by atoms with van der Waals surface area (Å²) in [5, 5.41) is 0. The first-order valence-electron chi connectivity index (χ1n) is 6.80. The highest BCUT2D eigenvalue weighted by Crippen LogP contribution is 2.22. The molecule has 0 bridgehead atoms. The molecule has 20 heavy (non-hydrogen) atoms. The smallest absolute Gasteiger partial charge is 0.319 e. The summed E-state index contributed by atoms with van der Waals surface area (Å²) in [4.78, 5) is 21.3. The molecular weight excluding hydrogens is 259 g/mol. The number of carbonyl (C=O) groups excluding carboxylic acids is 1. The number of hydrogen-bond donors (Lipinski definition) is 0. The third-order valence-electron chi connectivity index (χ3n) is 3.67. The summed E-state index contributed by atoms with van der Waals surface area (Å²) in [7, 11) is 5.26. The van der Waals surface area contributed by atoms with E-state index in [1.807, 2.05) is 4.90 Å². The maximum absolute atomic E-state index is 13.8. The molecule has 2 rings (SSSR count). The van der Waals surface area contributed by atoms with E-state index in [0.717, 1.165) is 19.4 Å². The highest BCUT2D eigenvalue weighted by Gasteiger charge is 2.28. The molecule has 2 amide bonds. The van der Waals surface area contributed by atoms with Gasteiger partial charge in [-0.1, -0.05) is 0 Å². The number of rotatable bonds is 2. The number of likely N-dealkylation sites (N-methyl/N-ethyl adjacent to an activating group) is 1. The lowest BCUT2D eigenvalue weighted by atomic mass is 10.0. The summed E-state index contributed by atoms with van der Waals surface area (Å²) < 4.78 is 13.8. The lowest BCUT2D eigenvalue weighted by molar-refractivity contribution is 0.157. The highest BCUT2D eigenvalue weighted by molar-refractivity contribution is 5.74. The molecule has 0 radical (unpaired) electrons. The van der Waals surface area contributed by atoms with Crippen molar-refractivity contribution >= 4 is 11.8 Å². The summed E-state index contributed by atoms with van der Waals surface area (Å²) in [5.41, 5.74) is 0. The molecule has 0 aromatic carbocycles. The molecule has 1 unspecified atom stereocenters. The van der Waals surface area contributed by atoms with Crippen molar-refractivity contribution in [3.63, 3.8) is 0 Å². The minimum absolute atomic E-state index is 0.0293. The number of urea groups is 1. The number of aromatic nitrogens is 1. The minimum atomic E-state index is -0.310. The first kappa shape index (κ1) is 14.6. The van der Waals surface area contributed by atoms with Crippen LogP contribution in [-0.4, -0.2) is 61.1 Å². The fraction of sp³-hybridized carbons (Fsp3) is 0.571. The molecular formula is C14H21FN4O. The second-order valence-corrected chi connectivity index (χ2v) is 5.34. The standard InChI is InChI=1S/C14H21FN4O/c1-17(2)14(20)18(3)11-6-5-9-19(10-11)13-12(15)7-4-8-16-13/h4,7-8,11H,5-6,9-10H2,1-3H3. The Labute approximate surface area is 119 Å². The zero-order valence-corrected chi connectivity index (χ0v) is 12.2. The molecule has 0 saturated carbocycles. The third kappa shape index (κ3) is 3.00. The van der Waals surface area contributed by atoms with Crippen molar-refractivity contribution in [2.75, 3.05) is 39.1 Å². The Morgan fingerprint density at radius 2 is 2.20 bits per heavy atom. The molecule has 1 aliphatic heterocycles. The molecule has 1 aromatic heterocycles. The number of pyridine rings is 1. The van der Waals surface area contributed by atoms with Gasteiger partial charge in [0.25, 0.3) is 0 Å². The number of halogens is 1. The van der Waals surface area contributed by atoms with Gasteiger partial charge in [0.1, 0.15) is 0 Å².